The van der Waals surface area contributed by atoms with Crippen molar-refractivity contribution < 1.29 is 9.53 Å². The first-order valence-electron chi connectivity index (χ1n) is 4.81. The summed E-state index contributed by atoms with van der Waals surface area (Å²) in [5.74, 6) is -0.324. The van der Waals surface area contributed by atoms with Gasteiger partial charge in [-0.1, -0.05) is 6.42 Å². The van der Waals surface area contributed by atoms with E-state index < -0.39 is 6.04 Å². The lowest BCUT2D eigenvalue weighted by Gasteiger charge is -2.26. The molecule has 1 unspecified atom stereocenters. The molecule has 1 saturated carbocycles. The second-order valence-corrected chi connectivity index (χ2v) is 3.50. The molecule has 1 aliphatic rings. The first-order valence-corrected chi connectivity index (χ1v) is 4.81. The summed E-state index contributed by atoms with van der Waals surface area (Å²) >= 11 is 0. The fourth-order valence-corrected chi connectivity index (χ4v) is 1.32. The zero-order valence-electron chi connectivity index (χ0n) is 8.08. The second kappa shape index (κ2) is 5.19. The number of esters is 1. The van der Waals surface area contributed by atoms with Crippen LogP contribution in [0.25, 0.3) is 0 Å². The van der Waals surface area contributed by atoms with E-state index in [1.165, 1.54) is 26.4 Å². The predicted molar refractivity (Wildman–Crippen MR) is 50.3 cm³/mol. The molecule has 13 heavy (non-hydrogen) atoms. The molecule has 76 valence electrons. The van der Waals surface area contributed by atoms with Gasteiger partial charge in [-0.2, -0.15) is 0 Å². The Morgan fingerprint density at radius 1 is 1.69 bits per heavy atom. The summed E-state index contributed by atoms with van der Waals surface area (Å²) in [5, 5.41) is 3.34. The Balaban J connectivity index is 2.00. The highest BCUT2D eigenvalue weighted by atomic mass is 16.5. The minimum atomic E-state index is -0.474. The molecule has 1 atom stereocenters. The van der Waals surface area contributed by atoms with Gasteiger partial charge in [-0.3, -0.25) is 4.79 Å². The van der Waals surface area contributed by atoms with E-state index in [9.17, 15) is 4.79 Å². The minimum absolute atomic E-state index is 0.324. The molecule has 0 aromatic rings. The smallest absolute Gasteiger partial charge is 0.322 e. The van der Waals surface area contributed by atoms with Crippen LogP contribution in [0.3, 0.4) is 0 Å². The van der Waals surface area contributed by atoms with Gasteiger partial charge in [-0.05, 0) is 25.8 Å². The number of carbonyl (C=O) groups excluding carboxylic acids is 1. The van der Waals surface area contributed by atoms with Crippen LogP contribution in [-0.2, 0) is 9.53 Å². The molecule has 0 amide bonds. The third-order valence-corrected chi connectivity index (χ3v) is 2.50. The molecule has 0 saturated heterocycles. The Hall–Kier alpha value is -0.610. The molecular weight excluding hydrogens is 168 g/mol. The average molecular weight is 186 g/mol. The maximum absolute atomic E-state index is 10.9. The largest absolute Gasteiger partial charge is 0.468 e. The van der Waals surface area contributed by atoms with E-state index in [4.69, 9.17) is 5.73 Å². The maximum Gasteiger partial charge on any atom is 0.322 e. The Bertz CT molecular complexity index is 169. The molecule has 1 aliphatic carbocycles. The van der Waals surface area contributed by atoms with Gasteiger partial charge in [0.2, 0.25) is 0 Å². The summed E-state index contributed by atoms with van der Waals surface area (Å²) in [5.41, 5.74) is 5.56. The highest BCUT2D eigenvalue weighted by Crippen LogP contribution is 2.17. The van der Waals surface area contributed by atoms with Crippen LogP contribution < -0.4 is 11.1 Å². The molecule has 0 heterocycles. The Morgan fingerprint density at radius 3 is 2.85 bits per heavy atom. The van der Waals surface area contributed by atoms with Crippen molar-refractivity contribution in [3.63, 3.8) is 0 Å². The molecule has 0 bridgehead atoms. The SMILES string of the molecule is COC(=O)C(N)CCNC1CCC1. The normalized spacial score (nSPS) is 19.2. The van der Waals surface area contributed by atoms with Crippen molar-refractivity contribution in [3.05, 3.63) is 0 Å². The van der Waals surface area contributed by atoms with E-state index in [1.54, 1.807) is 0 Å². The first kappa shape index (κ1) is 10.5. The number of ether oxygens (including phenoxy) is 1. The Labute approximate surface area is 78.8 Å². The quantitative estimate of drug-likeness (QED) is 0.594. The van der Waals surface area contributed by atoms with Gasteiger partial charge in [0.1, 0.15) is 6.04 Å². The number of hydrogen-bond acceptors (Lipinski definition) is 4. The third kappa shape index (κ3) is 3.32. The zero-order chi connectivity index (χ0) is 9.68. The lowest BCUT2D eigenvalue weighted by Crippen LogP contribution is -2.40. The number of hydrogen-bond donors (Lipinski definition) is 2. The first-order chi connectivity index (χ1) is 6.24. The van der Waals surface area contributed by atoms with Crippen molar-refractivity contribution in [2.75, 3.05) is 13.7 Å². The summed E-state index contributed by atoms with van der Waals surface area (Å²) in [7, 11) is 1.36. The Morgan fingerprint density at radius 2 is 2.38 bits per heavy atom. The summed E-state index contributed by atoms with van der Waals surface area (Å²) < 4.78 is 4.52. The Kier molecular flexibility index (Phi) is 4.18. The van der Waals surface area contributed by atoms with Crippen molar-refractivity contribution >= 4 is 5.97 Å². The fraction of sp³-hybridized carbons (Fsp3) is 0.889. The van der Waals surface area contributed by atoms with Gasteiger partial charge in [-0.25, -0.2) is 0 Å². The molecule has 1 fully saturated rings. The summed E-state index contributed by atoms with van der Waals surface area (Å²) in [6.45, 7) is 0.806. The summed E-state index contributed by atoms with van der Waals surface area (Å²) in [4.78, 5) is 10.9. The summed E-state index contributed by atoms with van der Waals surface area (Å²) in [6.07, 6.45) is 4.49. The van der Waals surface area contributed by atoms with Crippen LogP contribution in [0, 0.1) is 0 Å². The number of methoxy groups -OCH3 is 1. The molecule has 0 aromatic heterocycles. The second-order valence-electron chi connectivity index (χ2n) is 3.50. The zero-order valence-corrected chi connectivity index (χ0v) is 8.08. The van der Waals surface area contributed by atoms with Gasteiger partial charge < -0.3 is 15.8 Å². The molecule has 1 rings (SSSR count). The minimum Gasteiger partial charge on any atom is -0.468 e. The van der Waals surface area contributed by atoms with Crippen LogP contribution in [0.5, 0.6) is 0 Å². The van der Waals surface area contributed by atoms with Crippen LogP contribution in [0.4, 0.5) is 0 Å². The van der Waals surface area contributed by atoms with Gasteiger partial charge >= 0.3 is 5.97 Å². The third-order valence-electron chi connectivity index (χ3n) is 2.50. The molecular formula is C9H18N2O2. The van der Waals surface area contributed by atoms with E-state index in [0.717, 1.165) is 6.54 Å². The highest BCUT2D eigenvalue weighted by Gasteiger charge is 2.18. The number of nitrogens with two attached hydrogens (primary N) is 1. The molecule has 0 spiro atoms. The predicted octanol–water partition coefficient (Wildman–Crippen LogP) is 0.0189. The molecule has 0 aliphatic heterocycles. The van der Waals surface area contributed by atoms with E-state index >= 15 is 0 Å². The van der Waals surface area contributed by atoms with Gasteiger partial charge in [0.25, 0.3) is 0 Å². The number of carbonyl (C=O) groups is 1. The maximum atomic E-state index is 10.9. The van der Waals surface area contributed by atoms with Crippen molar-refractivity contribution in [3.8, 4) is 0 Å². The topological polar surface area (TPSA) is 64.3 Å². The molecule has 0 radical (unpaired) electrons. The fourth-order valence-electron chi connectivity index (χ4n) is 1.32. The van der Waals surface area contributed by atoms with Gasteiger partial charge in [0.05, 0.1) is 7.11 Å². The highest BCUT2D eigenvalue weighted by molar-refractivity contribution is 5.75. The van der Waals surface area contributed by atoms with Gasteiger partial charge in [0.15, 0.2) is 0 Å². The van der Waals surface area contributed by atoms with Crippen LogP contribution in [-0.4, -0.2) is 31.7 Å². The van der Waals surface area contributed by atoms with Crippen molar-refractivity contribution in [2.24, 2.45) is 5.73 Å². The number of rotatable bonds is 5. The van der Waals surface area contributed by atoms with E-state index in [1.807, 2.05) is 0 Å². The lowest BCUT2D eigenvalue weighted by molar-refractivity contribution is -0.142. The molecule has 0 aromatic carbocycles. The molecule has 3 N–H and O–H groups in total. The summed E-state index contributed by atoms with van der Waals surface area (Å²) in [6, 6.07) is 0.183. The van der Waals surface area contributed by atoms with E-state index in [2.05, 4.69) is 10.1 Å². The number of nitrogens with one attached hydrogen (secondary N) is 1. The van der Waals surface area contributed by atoms with Gasteiger partial charge in [0, 0.05) is 6.04 Å². The monoisotopic (exact) mass is 186 g/mol. The van der Waals surface area contributed by atoms with E-state index in [-0.39, 0.29) is 5.97 Å². The van der Waals surface area contributed by atoms with Crippen molar-refractivity contribution in [1.29, 1.82) is 0 Å². The van der Waals surface area contributed by atoms with Crippen LogP contribution >= 0.6 is 0 Å². The van der Waals surface area contributed by atoms with Crippen LogP contribution in [0.1, 0.15) is 25.7 Å². The standard InChI is InChI=1S/C9H18N2O2/c1-13-9(12)8(10)5-6-11-7-3-2-4-7/h7-8,11H,2-6,10H2,1H3. The van der Waals surface area contributed by atoms with Crippen LogP contribution in [0.15, 0.2) is 0 Å². The van der Waals surface area contributed by atoms with E-state index in [0.29, 0.717) is 12.5 Å². The lowest BCUT2D eigenvalue weighted by atomic mass is 9.93. The average Bonchev–Trinajstić information content (AvgIpc) is 2.07. The molecule has 4 nitrogen and oxygen atoms in total. The van der Waals surface area contributed by atoms with Gasteiger partial charge in [-0.15, -0.1) is 0 Å². The van der Waals surface area contributed by atoms with Crippen molar-refractivity contribution in [2.45, 2.75) is 37.8 Å². The van der Waals surface area contributed by atoms with Crippen LogP contribution in [0.2, 0.25) is 0 Å². The van der Waals surface area contributed by atoms with Crippen molar-refractivity contribution in [1.82, 2.24) is 5.32 Å². The molecule has 4 heteroatoms.